The van der Waals surface area contributed by atoms with Crippen LogP contribution in [0.4, 0.5) is 8.78 Å². The average Bonchev–Trinajstić information content (AvgIpc) is 2.42. The van der Waals surface area contributed by atoms with Gasteiger partial charge in [0, 0.05) is 5.92 Å². The fourth-order valence-corrected chi connectivity index (χ4v) is 6.28. The van der Waals surface area contributed by atoms with Crippen LogP contribution in [-0.4, -0.2) is 37.2 Å². The second-order valence-electron chi connectivity index (χ2n) is 7.90. The second kappa shape index (κ2) is 4.73. The molecule has 5 nitrogen and oxygen atoms in total. The molecule has 4 fully saturated rings. The van der Waals surface area contributed by atoms with E-state index in [4.69, 9.17) is 9.29 Å². The van der Waals surface area contributed by atoms with Gasteiger partial charge in [-0.2, -0.15) is 17.2 Å². The van der Waals surface area contributed by atoms with Crippen molar-refractivity contribution in [2.45, 2.75) is 37.4 Å². The van der Waals surface area contributed by atoms with E-state index in [2.05, 4.69) is 0 Å². The zero-order valence-corrected chi connectivity index (χ0v) is 13.4. The van der Waals surface area contributed by atoms with E-state index < -0.39 is 27.4 Å². The van der Waals surface area contributed by atoms with E-state index in [1.54, 1.807) is 0 Å². The molecule has 0 aromatic carbocycles. The van der Waals surface area contributed by atoms with E-state index in [-0.39, 0.29) is 24.2 Å². The highest BCUT2D eigenvalue weighted by Gasteiger charge is 2.69. The monoisotopic (exact) mass is 350 g/mol. The van der Waals surface area contributed by atoms with Gasteiger partial charge in [-0.1, -0.05) is 0 Å². The summed E-state index contributed by atoms with van der Waals surface area (Å²) in [4.78, 5) is 12.6. The van der Waals surface area contributed by atoms with Crippen LogP contribution in [0.5, 0.6) is 0 Å². The van der Waals surface area contributed by atoms with Gasteiger partial charge < -0.3 is 4.74 Å². The molecule has 6 unspecified atom stereocenters. The molecule has 0 spiro atoms. The fourth-order valence-electron chi connectivity index (χ4n) is 6.05. The zero-order valence-electron chi connectivity index (χ0n) is 12.6. The normalized spacial score (nSPS) is 45.0. The van der Waals surface area contributed by atoms with Crippen molar-refractivity contribution in [2.24, 2.45) is 35.0 Å². The molecule has 4 aliphatic carbocycles. The Balaban J connectivity index is 1.49. The van der Waals surface area contributed by atoms with Crippen molar-refractivity contribution in [1.82, 2.24) is 0 Å². The lowest BCUT2D eigenvalue weighted by molar-refractivity contribution is -0.210. The van der Waals surface area contributed by atoms with E-state index in [1.807, 2.05) is 0 Å². The third-order valence-electron chi connectivity index (χ3n) is 6.59. The molecule has 4 aliphatic rings. The standard InChI is InChI=1S/C15H20F2O5S/c16-15(17,23(19,20)21)7-22-6-14-5-9-1-8-2-10(3-9)12(14)11(4-8)13(14)18/h8-12H,1-7H2,(H,19,20,21). The summed E-state index contributed by atoms with van der Waals surface area (Å²) in [6, 6.07) is 0. The third-order valence-corrected chi connectivity index (χ3v) is 7.47. The van der Waals surface area contributed by atoms with Crippen LogP contribution in [0.15, 0.2) is 0 Å². The largest absolute Gasteiger partial charge is 0.392 e. The Morgan fingerprint density at radius 1 is 1.22 bits per heavy atom. The number of alkyl halides is 2. The summed E-state index contributed by atoms with van der Waals surface area (Å²) < 4.78 is 61.3. The molecule has 8 heteroatoms. The summed E-state index contributed by atoms with van der Waals surface area (Å²) in [6.07, 6.45) is 4.94. The molecule has 3 bridgehead atoms. The highest BCUT2D eigenvalue weighted by atomic mass is 32.2. The van der Waals surface area contributed by atoms with Crippen molar-refractivity contribution in [3.05, 3.63) is 0 Å². The van der Waals surface area contributed by atoms with E-state index in [9.17, 15) is 22.0 Å². The molecule has 0 aromatic heterocycles. The molecule has 0 aromatic rings. The number of halogens is 2. The number of ether oxygens (including phenoxy) is 1. The van der Waals surface area contributed by atoms with Gasteiger partial charge in [0.25, 0.3) is 0 Å². The minimum absolute atomic E-state index is 0.0469. The molecule has 0 heterocycles. The molecule has 0 radical (unpaired) electrons. The third kappa shape index (κ3) is 2.14. The first-order valence-corrected chi connectivity index (χ1v) is 9.55. The number of carbonyl (C=O) groups excluding carboxylic acids is 1. The Morgan fingerprint density at radius 2 is 1.91 bits per heavy atom. The average molecular weight is 350 g/mol. The second-order valence-corrected chi connectivity index (χ2v) is 9.44. The minimum Gasteiger partial charge on any atom is -0.373 e. The van der Waals surface area contributed by atoms with Gasteiger partial charge >= 0.3 is 15.4 Å². The van der Waals surface area contributed by atoms with Crippen LogP contribution >= 0.6 is 0 Å². The molecule has 4 rings (SSSR count). The van der Waals surface area contributed by atoms with Gasteiger partial charge in [0.05, 0.1) is 12.0 Å². The van der Waals surface area contributed by atoms with Crippen LogP contribution in [0.25, 0.3) is 0 Å². The molecule has 0 aliphatic heterocycles. The highest BCUT2D eigenvalue weighted by Crippen LogP contribution is 2.68. The lowest BCUT2D eigenvalue weighted by Gasteiger charge is -2.67. The van der Waals surface area contributed by atoms with E-state index in [0.29, 0.717) is 24.2 Å². The van der Waals surface area contributed by atoms with Gasteiger partial charge in [-0.25, -0.2) is 0 Å². The van der Waals surface area contributed by atoms with Crippen LogP contribution < -0.4 is 0 Å². The molecule has 6 atom stereocenters. The Labute approximate surface area is 133 Å². The van der Waals surface area contributed by atoms with Crippen LogP contribution in [0.3, 0.4) is 0 Å². The molecule has 23 heavy (non-hydrogen) atoms. The van der Waals surface area contributed by atoms with E-state index in [0.717, 1.165) is 25.7 Å². The zero-order chi connectivity index (χ0) is 16.6. The first-order chi connectivity index (χ1) is 10.6. The lowest BCUT2D eigenvalue weighted by atomic mass is 9.36. The topological polar surface area (TPSA) is 80.7 Å². The van der Waals surface area contributed by atoms with Gasteiger partial charge in [0.1, 0.15) is 12.4 Å². The molecule has 0 saturated heterocycles. The molecule has 130 valence electrons. The van der Waals surface area contributed by atoms with Gasteiger partial charge in [-0.05, 0) is 55.8 Å². The molecule has 1 N–H and O–H groups in total. The maximum absolute atomic E-state index is 13.3. The van der Waals surface area contributed by atoms with Gasteiger partial charge in [-0.3, -0.25) is 9.35 Å². The number of ketones is 1. The maximum Gasteiger partial charge on any atom is 0.392 e. The predicted octanol–water partition coefficient (Wildman–Crippen LogP) is 2.12. The maximum atomic E-state index is 13.3. The molecule has 0 amide bonds. The van der Waals surface area contributed by atoms with Crippen LogP contribution in [0, 0.1) is 35.0 Å². The summed E-state index contributed by atoms with van der Waals surface area (Å²) in [5.41, 5.74) is -0.695. The number of carbonyl (C=O) groups is 1. The quantitative estimate of drug-likeness (QED) is 0.768. The Bertz CT molecular complexity index is 642. The summed E-state index contributed by atoms with van der Waals surface area (Å²) in [5.74, 6) is 1.94. The number of Topliss-reactive ketones (excluding diaryl/α,β-unsaturated/α-hetero) is 1. The summed E-state index contributed by atoms with van der Waals surface area (Å²) in [5, 5.41) is -4.34. The fraction of sp³-hybridized carbons (Fsp3) is 0.933. The van der Waals surface area contributed by atoms with Crippen molar-refractivity contribution in [3.8, 4) is 0 Å². The van der Waals surface area contributed by atoms with Crippen LogP contribution in [0.1, 0.15) is 32.1 Å². The lowest BCUT2D eigenvalue weighted by Crippen LogP contribution is -2.69. The predicted molar refractivity (Wildman–Crippen MR) is 75.3 cm³/mol. The minimum atomic E-state index is -5.50. The highest BCUT2D eigenvalue weighted by molar-refractivity contribution is 7.86. The number of hydrogen-bond acceptors (Lipinski definition) is 4. The summed E-state index contributed by atoms with van der Waals surface area (Å²) in [6.45, 7) is -1.56. The van der Waals surface area contributed by atoms with Crippen LogP contribution in [0.2, 0.25) is 0 Å². The van der Waals surface area contributed by atoms with Gasteiger partial charge in [0.15, 0.2) is 0 Å². The summed E-state index contributed by atoms with van der Waals surface area (Å²) >= 11 is 0. The smallest absolute Gasteiger partial charge is 0.373 e. The molecule has 4 saturated carbocycles. The summed E-state index contributed by atoms with van der Waals surface area (Å²) in [7, 11) is -5.50. The van der Waals surface area contributed by atoms with Crippen LogP contribution in [-0.2, 0) is 19.6 Å². The number of fused-ring (bicyclic) bond motifs is 2. The van der Waals surface area contributed by atoms with Crippen molar-refractivity contribution in [2.75, 3.05) is 13.2 Å². The van der Waals surface area contributed by atoms with E-state index in [1.165, 1.54) is 0 Å². The van der Waals surface area contributed by atoms with Crippen molar-refractivity contribution >= 4 is 15.9 Å². The Kier molecular flexibility index (Phi) is 3.27. The van der Waals surface area contributed by atoms with E-state index >= 15 is 0 Å². The first-order valence-electron chi connectivity index (χ1n) is 8.11. The Morgan fingerprint density at radius 3 is 2.61 bits per heavy atom. The van der Waals surface area contributed by atoms with Crippen molar-refractivity contribution in [3.63, 3.8) is 0 Å². The SMILES string of the molecule is O=C1C2CC3CC4CC(C3)C2C1(COCC(F)(F)S(=O)(=O)O)C4. The van der Waals surface area contributed by atoms with Gasteiger partial charge in [0.2, 0.25) is 0 Å². The first kappa shape index (κ1) is 15.9. The van der Waals surface area contributed by atoms with Crippen molar-refractivity contribution < 1.29 is 31.3 Å². The van der Waals surface area contributed by atoms with Gasteiger partial charge in [-0.15, -0.1) is 0 Å². The molecular weight excluding hydrogens is 330 g/mol. The number of hydrogen-bond donors (Lipinski definition) is 1. The Hall–Kier alpha value is -0.600. The van der Waals surface area contributed by atoms with Crippen molar-refractivity contribution in [1.29, 1.82) is 0 Å². The number of rotatable bonds is 5. The molecular formula is C15H20F2O5S.